The first-order valence-electron chi connectivity index (χ1n) is 2.42. The first-order chi connectivity index (χ1) is 3.55. The van der Waals surface area contributed by atoms with Gasteiger partial charge in [0.25, 0.3) is 0 Å². The van der Waals surface area contributed by atoms with Gasteiger partial charge in [0, 0.05) is 5.97 Å². The quantitative estimate of drug-likeness (QED) is 0.312. The molecular formula is C5H8Na2O2S. The molecule has 10 heavy (non-hydrogen) atoms. The average molecular weight is 178 g/mol. The first-order valence-corrected chi connectivity index (χ1v) is 2.89. The topological polar surface area (TPSA) is 40.1 Å². The van der Waals surface area contributed by atoms with Gasteiger partial charge in [-0.1, -0.05) is 19.8 Å². The van der Waals surface area contributed by atoms with E-state index in [-0.39, 0.29) is 65.0 Å². The fraction of sp³-hybridized carbons (Fsp3) is 0.800. The molecule has 0 bridgehead atoms. The summed E-state index contributed by atoms with van der Waals surface area (Å²) in [5, 5.41) is 9.18. The van der Waals surface area contributed by atoms with Gasteiger partial charge in [-0.3, -0.25) is 0 Å². The van der Waals surface area contributed by atoms with Crippen molar-refractivity contribution in [2.45, 2.75) is 19.1 Å². The Morgan fingerprint density at radius 3 is 1.70 bits per heavy atom. The molecule has 0 rings (SSSR count). The monoisotopic (exact) mass is 178 g/mol. The minimum Gasteiger partial charge on any atom is -0.783 e. The van der Waals surface area contributed by atoms with Crippen LogP contribution < -0.4 is 64.2 Å². The van der Waals surface area contributed by atoms with Crippen LogP contribution in [0.2, 0.25) is 0 Å². The maximum Gasteiger partial charge on any atom is 1.00 e. The minimum absolute atomic E-state index is 0. The Bertz CT molecular complexity index is 97.6. The van der Waals surface area contributed by atoms with Crippen molar-refractivity contribution in [1.82, 2.24) is 0 Å². The van der Waals surface area contributed by atoms with Gasteiger partial charge in [-0.05, 0) is 0 Å². The van der Waals surface area contributed by atoms with E-state index >= 15 is 0 Å². The molecule has 0 aliphatic heterocycles. The summed E-state index contributed by atoms with van der Waals surface area (Å²) in [5.74, 6) is -1.15. The number of carboxylic acid groups (broad SMARTS) is 1. The van der Waals surface area contributed by atoms with Crippen LogP contribution >= 0.6 is 0 Å². The summed E-state index contributed by atoms with van der Waals surface area (Å²) in [6.07, 6.45) is 0. The smallest absolute Gasteiger partial charge is 0.783 e. The summed E-state index contributed by atoms with van der Waals surface area (Å²) >= 11 is 4.52. The molecule has 0 aromatic carbocycles. The van der Waals surface area contributed by atoms with Crippen LogP contribution in [0.3, 0.4) is 0 Å². The number of carbonyl (C=O) groups excluding carboxylic acids is 1. The van der Waals surface area contributed by atoms with Crippen molar-refractivity contribution in [2.75, 3.05) is 0 Å². The maximum atomic E-state index is 9.93. The molecule has 0 heterocycles. The van der Waals surface area contributed by atoms with Gasteiger partial charge in [0.1, 0.15) is 0 Å². The van der Waals surface area contributed by atoms with Gasteiger partial charge in [0.05, 0.1) is 0 Å². The normalized spacial score (nSPS) is 11.2. The van der Waals surface area contributed by atoms with Gasteiger partial charge in [-0.25, -0.2) is 0 Å². The molecule has 0 aromatic rings. The van der Waals surface area contributed by atoms with Gasteiger partial charge in [-0.15, -0.1) is 5.25 Å². The molecule has 5 heteroatoms. The second-order valence-corrected chi connectivity index (χ2v) is 2.49. The van der Waals surface area contributed by atoms with Gasteiger partial charge in [0.2, 0.25) is 0 Å². The van der Waals surface area contributed by atoms with Crippen molar-refractivity contribution >= 4 is 18.6 Å². The van der Waals surface area contributed by atoms with Crippen molar-refractivity contribution in [3.05, 3.63) is 0 Å². The third-order valence-electron chi connectivity index (χ3n) is 0.838. The van der Waals surface area contributed by atoms with E-state index in [4.69, 9.17) is 0 Å². The van der Waals surface area contributed by atoms with Crippen molar-refractivity contribution < 1.29 is 69.0 Å². The zero-order valence-electron chi connectivity index (χ0n) is 6.88. The second-order valence-electron chi connectivity index (χ2n) is 1.98. The van der Waals surface area contributed by atoms with Crippen LogP contribution in [0.1, 0.15) is 13.8 Å². The summed E-state index contributed by atoms with van der Waals surface area (Å²) < 4.78 is 0. The standard InChI is InChI=1S/C5H10O2S.2Na/c1-3(2)4(8)5(6)7;;/h3-4,8H,1-2H3,(H,6,7);;/q;2*+1/p-2/t4-;;/m0../s1. The molecule has 0 fully saturated rings. The molecule has 0 saturated carbocycles. The Morgan fingerprint density at radius 2 is 1.70 bits per heavy atom. The molecule has 0 aliphatic rings. The van der Waals surface area contributed by atoms with Crippen LogP contribution in [0.25, 0.3) is 0 Å². The van der Waals surface area contributed by atoms with Crippen molar-refractivity contribution in [2.24, 2.45) is 5.92 Å². The molecular weight excluding hydrogens is 170 g/mol. The van der Waals surface area contributed by atoms with E-state index in [9.17, 15) is 9.90 Å². The van der Waals surface area contributed by atoms with E-state index in [1.54, 1.807) is 13.8 Å². The van der Waals surface area contributed by atoms with Gasteiger partial charge in [0.15, 0.2) is 0 Å². The number of rotatable bonds is 2. The summed E-state index contributed by atoms with van der Waals surface area (Å²) in [7, 11) is 0. The number of carbonyl (C=O) groups is 1. The minimum atomic E-state index is -1.14. The number of hydrogen-bond donors (Lipinski definition) is 0. The van der Waals surface area contributed by atoms with Crippen LogP contribution in [-0.2, 0) is 17.4 Å². The predicted molar refractivity (Wildman–Crippen MR) is 31.0 cm³/mol. The van der Waals surface area contributed by atoms with Crippen LogP contribution in [0, 0.1) is 5.92 Å². The molecule has 0 amide bonds. The van der Waals surface area contributed by atoms with Crippen molar-refractivity contribution in [3.63, 3.8) is 0 Å². The maximum absolute atomic E-state index is 9.93. The molecule has 0 aromatic heterocycles. The summed E-state index contributed by atoms with van der Waals surface area (Å²) in [6, 6.07) is 0. The fourth-order valence-electron chi connectivity index (χ4n) is 0.272. The van der Waals surface area contributed by atoms with E-state index in [0.29, 0.717) is 0 Å². The van der Waals surface area contributed by atoms with Crippen molar-refractivity contribution in [3.8, 4) is 0 Å². The Kier molecular flexibility index (Phi) is 15.9. The van der Waals surface area contributed by atoms with Gasteiger partial charge < -0.3 is 22.5 Å². The molecule has 0 unspecified atom stereocenters. The van der Waals surface area contributed by atoms with E-state index < -0.39 is 11.2 Å². The largest absolute Gasteiger partial charge is 1.00 e. The average Bonchev–Trinajstić information content (AvgIpc) is 1.64. The van der Waals surface area contributed by atoms with E-state index in [1.807, 2.05) is 0 Å². The molecule has 0 radical (unpaired) electrons. The third-order valence-corrected chi connectivity index (χ3v) is 1.57. The van der Waals surface area contributed by atoms with Crippen LogP contribution in [0.5, 0.6) is 0 Å². The Hall–Kier alpha value is 1.82. The fourth-order valence-corrected chi connectivity index (χ4v) is 0.272. The number of aliphatic carboxylic acids is 1. The summed E-state index contributed by atoms with van der Waals surface area (Å²) in [5.41, 5.74) is 0. The SMILES string of the molecule is CC(C)[C@H]([S-])C(=O)[O-].[Na+].[Na+]. The molecule has 1 atom stereocenters. The van der Waals surface area contributed by atoms with Crippen molar-refractivity contribution in [1.29, 1.82) is 0 Å². The van der Waals surface area contributed by atoms with Crippen LogP contribution in [0.15, 0.2) is 0 Å². The Morgan fingerprint density at radius 1 is 1.40 bits per heavy atom. The summed E-state index contributed by atoms with van der Waals surface area (Å²) in [4.78, 5) is 9.93. The Balaban J connectivity index is -0.000000245. The number of carboxylic acids is 1. The zero-order chi connectivity index (χ0) is 6.73. The summed E-state index contributed by atoms with van der Waals surface area (Å²) in [6.45, 7) is 3.51. The van der Waals surface area contributed by atoms with Gasteiger partial charge in [-0.2, -0.15) is 0 Å². The molecule has 0 N–H and O–H groups in total. The number of hydrogen-bond acceptors (Lipinski definition) is 3. The first kappa shape index (κ1) is 17.8. The molecule has 0 saturated heterocycles. The molecule has 0 spiro atoms. The third kappa shape index (κ3) is 7.92. The molecule has 0 aliphatic carbocycles. The van der Waals surface area contributed by atoms with E-state index in [0.717, 1.165) is 0 Å². The van der Waals surface area contributed by atoms with Crippen LogP contribution in [0.4, 0.5) is 0 Å². The Labute approximate surface area is 111 Å². The molecule has 48 valence electrons. The van der Waals surface area contributed by atoms with E-state index in [1.165, 1.54) is 0 Å². The van der Waals surface area contributed by atoms with E-state index in [2.05, 4.69) is 12.6 Å². The predicted octanol–water partition coefficient (Wildman–Crippen LogP) is -6.68. The second kappa shape index (κ2) is 8.91. The zero-order valence-corrected chi connectivity index (χ0v) is 11.7. The van der Waals surface area contributed by atoms with Gasteiger partial charge >= 0.3 is 59.1 Å². The molecule has 2 nitrogen and oxygen atoms in total. The van der Waals surface area contributed by atoms with Crippen LogP contribution in [-0.4, -0.2) is 11.2 Å².